The minimum absolute atomic E-state index is 0.708. The third-order valence-corrected chi connectivity index (χ3v) is 2.63. The van der Waals surface area contributed by atoms with Gasteiger partial charge in [0, 0.05) is 19.4 Å². The topological polar surface area (TPSA) is 60.6 Å². The fourth-order valence-electron chi connectivity index (χ4n) is 1.64. The number of imidazole rings is 1. The van der Waals surface area contributed by atoms with Crippen molar-refractivity contribution in [2.75, 3.05) is 6.54 Å². The van der Waals surface area contributed by atoms with Gasteiger partial charge in [0.1, 0.15) is 18.0 Å². The SMILES string of the molecule is CCCNCc1nccn1Cc1ncnn1C. The molecule has 1 N–H and O–H groups in total. The second kappa shape index (κ2) is 5.58. The molecule has 6 heteroatoms. The summed E-state index contributed by atoms with van der Waals surface area (Å²) in [5.41, 5.74) is 0. The maximum absolute atomic E-state index is 4.34. The molecule has 0 aliphatic carbocycles. The van der Waals surface area contributed by atoms with E-state index in [-0.39, 0.29) is 0 Å². The molecule has 0 spiro atoms. The Morgan fingerprint density at radius 2 is 2.18 bits per heavy atom. The summed E-state index contributed by atoms with van der Waals surface area (Å²) in [4.78, 5) is 8.55. The summed E-state index contributed by atoms with van der Waals surface area (Å²) >= 11 is 0. The average Bonchev–Trinajstić information content (AvgIpc) is 2.91. The van der Waals surface area contributed by atoms with Crippen LogP contribution in [0.3, 0.4) is 0 Å². The first-order valence-electron chi connectivity index (χ1n) is 5.85. The third-order valence-electron chi connectivity index (χ3n) is 2.63. The summed E-state index contributed by atoms with van der Waals surface area (Å²) in [7, 11) is 1.90. The van der Waals surface area contributed by atoms with E-state index in [0.29, 0.717) is 6.54 Å². The van der Waals surface area contributed by atoms with E-state index < -0.39 is 0 Å². The molecule has 0 aromatic carbocycles. The van der Waals surface area contributed by atoms with E-state index in [0.717, 1.165) is 31.2 Å². The van der Waals surface area contributed by atoms with Crippen LogP contribution in [0.15, 0.2) is 18.7 Å². The van der Waals surface area contributed by atoms with Gasteiger partial charge in [0.15, 0.2) is 0 Å². The second-order valence-electron chi connectivity index (χ2n) is 3.95. The molecule has 2 heterocycles. The molecule has 0 fully saturated rings. The first-order valence-corrected chi connectivity index (χ1v) is 5.85. The van der Waals surface area contributed by atoms with Crippen molar-refractivity contribution in [1.82, 2.24) is 29.6 Å². The van der Waals surface area contributed by atoms with Gasteiger partial charge in [0.25, 0.3) is 0 Å². The van der Waals surface area contributed by atoms with Crippen LogP contribution < -0.4 is 5.32 Å². The highest BCUT2D eigenvalue weighted by Crippen LogP contribution is 2.02. The minimum atomic E-state index is 0.708. The van der Waals surface area contributed by atoms with Gasteiger partial charge in [-0.15, -0.1) is 0 Å². The smallest absolute Gasteiger partial charge is 0.146 e. The van der Waals surface area contributed by atoms with Crippen LogP contribution >= 0.6 is 0 Å². The monoisotopic (exact) mass is 234 g/mol. The zero-order chi connectivity index (χ0) is 12.1. The van der Waals surface area contributed by atoms with Crippen LogP contribution in [0.4, 0.5) is 0 Å². The van der Waals surface area contributed by atoms with Crippen LogP contribution in [0, 0.1) is 0 Å². The van der Waals surface area contributed by atoms with Crippen LogP contribution in [0.5, 0.6) is 0 Å². The fraction of sp³-hybridized carbons (Fsp3) is 0.545. The largest absolute Gasteiger partial charge is 0.326 e. The molecule has 6 nitrogen and oxygen atoms in total. The Labute approximate surface area is 101 Å². The standard InChI is InChI=1S/C11H18N6/c1-3-4-12-7-10-13-5-6-17(10)8-11-14-9-15-16(11)2/h5-6,9,12H,3-4,7-8H2,1-2H3. The number of hydrogen-bond acceptors (Lipinski definition) is 4. The molecule has 92 valence electrons. The van der Waals surface area contributed by atoms with Crippen LogP contribution in [-0.2, 0) is 20.1 Å². The molecule has 2 aromatic heterocycles. The van der Waals surface area contributed by atoms with E-state index in [1.54, 1.807) is 11.0 Å². The maximum Gasteiger partial charge on any atom is 0.146 e. The number of rotatable bonds is 6. The molecule has 0 atom stereocenters. The summed E-state index contributed by atoms with van der Waals surface area (Å²) in [5, 5.41) is 7.40. The van der Waals surface area contributed by atoms with Crippen molar-refractivity contribution in [1.29, 1.82) is 0 Å². The second-order valence-corrected chi connectivity index (χ2v) is 3.95. The summed E-state index contributed by atoms with van der Waals surface area (Å²) < 4.78 is 3.87. The predicted molar refractivity (Wildman–Crippen MR) is 64.3 cm³/mol. The van der Waals surface area contributed by atoms with Gasteiger partial charge in [-0.25, -0.2) is 9.97 Å². The van der Waals surface area contributed by atoms with Crippen molar-refractivity contribution in [3.05, 3.63) is 30.4 Å². The Balaban J connectivity index is 2.01. The van der Waals surface area contributed by atoms with Crippen LogP contribution in [0.2, 0.25) is 0 Å². The zero-order valence-electron chi connectivity index (χ0n) is 10.3. The van der Waals surface area contributed by atoms with Gasteiger partial charge in [-0.2, -0.15) is 5.10 Å². The number of aromatic nitrogens is 5. The van der Waals surface area contributed by atoms with Gasteiger partial charge in [0.05, 0.1) is 13.1 Å². The van der Waals surface area contributed by atoms with Crippen molar-refractivity contribution in [2.24, 2.45) is 7.05 Å². The Morgan fingerprint density at radius 3 is 2.88 bits per heavy atom. The summed E-state index contributed by atoms with van der Waals surface area (Å²) in [5.74, 6) is 1.96. The van der Waals surface area contributed by atoms with Gasteiger partial charge < -0.3 is 9.88 Å². The highest BCUT2D eigenvalue weighted by Gasteiger charge is 2.06. The van der Waals surface area contributed by atoms with Crippen LogP contribution in [-0.4, -0.2) is 30.9 Å². The summed E-state index contributed by atoms with van der Waals surface area (Å²) in [6.07, 6.45) is 6.49. The predicted octanol–water partition coefficient (Wildman–Crippen LogP) is 0.559. The first-order chi connectivity index (χ1) is 8.31. The normalized spacial score (nSPS) is 10.9. The Bertz CT molecular complexity index is 458. The number of nitrogens with zero attached hydrogens (tertiary/aromatic N) is 5. The molecule has 0 saturated heterocycles. The van der Waals surface area contributed by atoms with E-state index in [4.69, 9.17) is 0 Å². The quantitative estimate of drug-likeness (QED) is 0.742. The van der Waals surface area contributed by atoms with E-state index in [1.807, 2.05) is 19.4 Å². The molecule has 0 unspecified atom stereocenters. The fourth-order valence-corrected chi connectivity index (χ4v) is 1.64. The van der Waals surface area contributed by atoms with E-state index in [2.05, 4.69) is 31.9 Å². The lowest BCUT2D eigenvalue weighted by atomic mass is 10.4. The van der Waals surface area contributed by atoms with Gasteiger partial charge in [-0.1, -0.05) is 6.92 Å². The Morgan fingerprint density at radius 1 is 1.29 bits per heavy atom. The van der Waals surface area contributed by atoms with E-state index >= 15 is 0 Å². The number of nitrogens with one attached hydrogen (secondary N) is 1. The van der Waals surface area contributed by atoms with Crippen molar-refractivity contribution in [3.63, 3.8) is 0 Å². The lowest BCUT2D eigenvalue weighted by Crippen LogP contribution is -2.18. The molecule has 17 heavy (non-hydrogen) atoms. The van der Waals surface area contributed by atoms with Crippen molar-refractivity contribution < 1.29 is 0 Å². The third kappa shape index (κ3) is 2.91. The maximum atomic E-state index is 4.34. The highest BCUT2D eigenvalue weighted by molar-refractivity contribution is 4.96. The molecule has 0 amide bonds. The Hall–Kier alpha value is -1.69. The number of hydrogen-bond donors (Lipinski definition) is 1. The van der Waals surface area contributed by atoms with Gasteiger partial charge in [-0.3, -0.25) is 4.68 Å². The molecule has 0 saturated carbocycles. The van der Waals surface area contributed by atoms with Crippen molar-refractivity contribution in [2.45, 2.75) is 26.4 Å². The van der Waals surface area contributed by atoms with Crippen LogP contribution in [0.1, 0.15) is 25.0 Å². The Kier molecular flexibility index (Phi) is 3.87. The van der Waals surface area contributed by atoms with E-state index in [9.17, 15) is 0 Å². The van der Waals surface area contributed by atoms with Gasteiger partial charge >= 0.3 is 0 Å². The summed E-state index contributed by atoms with van der Waals surface area (Å²) in [6, 6.07) is 0. The van der Waals surface area contributed by atoms with E-state index in [1.165, 1.54) is 0 Å². The minimum Gasteiger partial charge on any atom is -0.326 e. The molecule has 0 radical (unpaired) electrons. The van der Waals surface area contributed by atoms with Crippen molar-refractivity contribution >= 4 is 0 Å². The highest BCUT2D eigenvalue weighted by atomic mass is 15.3. The molecular formula is C11H18N6. The number of aryl methyl sites for hydroxylation is 1. The van der Waals surface area contributed by atoms with Gasteiger partial charge in [-0.05, 0) is 13.0 Å². The lowest BCUT2D eigenvalue weighted by Gasteiger charge is -2.07. The molecule has 0 aliphatic rings. The molecule has 0 aliphatic heterocycles. The van der Waals surface area contributed by atoms with Crippen LogP contribution in [0.25, 0.3) is 0 Å². The van der Waals surface area contributed by atoms with Gasteiger partial charge in [0.2, 0.25) is 0 Å². The first kappa shape index (κ1) is 11.8. The molecule has 2 rings (SSSR count). The zero-order valence-corrected chi connectivity index (χ0v) is 10.3. The van der Waals surface area contributed by atoms with Crippen molar-refractivity contribution in [3.8, 4) is 0 Å². The molecule has 0 bridgehead atoms. The molecular weight excluding hydrogens is 216 g/mol. The molecule has 2 aromatic rings. The summed E-state index contributed by atoms with van der Waals surface area (Å²) in [6.45, 7) is 4.66. The lowest BCUT2D eigenvalue weighted by molar-refractivity contribution is 0.591. The average molecular weight is 234 g/mol.